The summed E-state index contributed by atoms with van der Waals surface area (Å²) in [5.41, 5.74) is 1.94. The summed E-state index contributed by atoms with van der Waals surface area (Å²) in [4.78, 5) is 24.9. The van der Waals surface area contributed by atoms with Crippen molar-refractivity contribution in [3.05, 3.63) is 45.9 Å². The van der Waals surface area contributed by atoms with Gasteiger partial charge in [-0.3, -0.25) is 14.5 Å². The maximum atomic E-state index is 12.1. The predicted octanol–water partition coefficient (Wildman–Crippen LogP) is 2.22. The van der Waals surface area contributed by atoms with Gasteiger partial charge < -0.3 is 5.11 Å². The smallest absolute Gasteiger partial charge is 0.216 e. The van der Waals surface area contributed by atoms with Crippen LogP contribution in [0.1, 0.15) is 17.2 Å². The number of ketones is 1. The van der Waals surface area contributed by atoms with E-state index in [4.69, 9.17) is 0 Å². The number of aliphatic hydroxyl groups is 1. The molecule has 0 saturated heterocycles. The molecular formula is C16H14BrNO3. The minimum atomic E-state index is -0.611. The number of benzene rings is 2. The zero-order valence-corrected chi connectivity index (χ0v) is 12.8. The van der Waals surface area contributed by atoms with Crippen LogP contribution in [0.25, 0.3) is 10.8 Å². The lowest BCUT2D eigenvalue weighted by atomic mass is 9.88. The molecule has 108 valence electrons. The second kappa shape index (κ2) is 5.67. The van der Waals surface area contributed by atoms with Gasteiger partial charge in [-0.15, -0.1) is 0 Å². The summed E-state index contributed by atoms with van der Waals surface area (Å²) < 4.78 is 0.969. The normalized spacial score (nSPS) is 17.9. The van der Waals surface area contributed by atoms with Crippen LogP contribution in [0.4, 0.5) is 0 Å². The van der Waals surface area contributed by atoms with Gasteiger partial charge in [0.05, 0.1) is 6.61 Å². The van der Waals surface area contributed by atoms with Crippen LogP contribution in [-0.2, 0) is 16.1 Å². The molecule has 1 aliphatic heterocycles. The standard InChI is InChI=1S/C16H14BrNO3/c17-13-5-4-12-15-10(2-1-3-11(13)15)8-18(6-7-19)16(12)14(21)9-20/h1-5,9,16,19H,6-8H2. The van der Waals surface area contributed by atoms with Gasteiger partial charge in [0.25, 0.3) is 0 Å². The van der Waals surface area contributed by atoms with E-state index in [1.54, 1.807) is 0 Å². The Morgan fingerprint density at radius 2 is 2.19 bits per heavy atom. The number of hydrogen-bond acceptors (Lipinski definition) is 4. The molecule has 3 rings (SSSR count). The third-order valence-corrected chi connectivity index (χ3v) is 4.60. The van der Waals surface area contributed by atoms with Crippen molar-refractivity contribution in [2.45, 2.75) is 12.6 Å². The SMILES string of the molecule is O=CC(=O)C1c2ccc(Br)c3cccc(c23)CN1CCO. The average Bonchev–Trinajstić information content (AvgIpc) is 2.50. The molecule has 1 aliphatic rings. The van der Waals surface area contributed by atoms with E-state index in [0.717, 1.165) is 26.4 Å². The van der Waals surface area contributed by atoms with E-state index in [2.05, 4.69) is 15.9 Å². The van der Waals surface area contributed by atoms with Gasteiger partial charge in [-0.05, 0) is 28.0 Å². The van der Waals surface area contributed by atoms with E-state index >= 15 is 0 Å². The molecule has 1 heterocycles. The number of aldehydes is 1. The molecular weight excluding hydrogens is 334 g/mol. The summed E-state index contributed by atoms with van der Waals surface area (Å²) in [6, 6.07) is 9.16. The fraction of sp³-hybridized carbons (Fsp3) is 0.250. The van der Waals surface area contributed by atoms with Crippen molar-refractivity contribution in [2.24, 2.45) is 0 Å². The van der Waals surface area contributed by atoms with Crippen LogP contribution in [0.5, 0.6) is 0 Å². The number of halogens is 1. The van der Waals surface area contributed by atoms with Crippen molar-refractivity contribution in [1.82, 2.24) is 4.90 Å². The molecule has 0 amide bonds. The van der Waals surface area contributed by atoms with Gasteiger partial charge in [0.2, 0.25) is 5.78 Å². The molecule has 5 heteroatoms. The Morgan fingerprint density at radius 3 is 2.90 bits per heavy atom. The Hall–Kier alpha value is -1.56. The number of β-amino-alcohol motifs (C(OH)–C–C–N with tert-alkyl or cyclic N) is 1. The Bertz CT molecular complexity index is 729. The average molecular weight is 348 g/mol. The number of carbonyl (C=O) groups is 2. The molecule has 0 aromatic heterocycles. The van der Waals surface area contributed by atoms with Gasteiger partial charge in [-0.2, -0.15) is 0 Å². The summed E-state index contributed by atoms with van der Waals surface area (Å²) in [5, 5.41) is 11.3. The zero-order chi connectivity index (χ0) is 15.0. The second-order valence-corrected chi connectivity index (χ2v) is 5.95. The van der Waals surface area contributed by atoms with Gasteiger partial charge >= 0.3 is 0 Å². The highest BCUT2D eigenvalue weighted by molar-refractivity contribution is 9.10. The predicted molar refractivity (Wildman–Crippen MR) is 83.0 cm³/mol. The molecule has 0 fully saturated rings. The van der Waals surface area contributed by atoms with E-state index in [-0.39, 0.29) is 6.61 Å². The Morgan fingerprint density at radius 1 is 1.38 bits per heavy atom. The zero-order valence-electron chi connectivity index (χ0n) is 11.3. The number of aliphatic hydroxyl groups excluding tert-OH is 1. The quantitative estimate of drug-likeness (QED) is 0.680. The number of Topliss-reactive ketones (excluding diaryl/α,β-unsaturated/α-hetero) is 1. The third kappa shape index (κ3) is 2.31. The number of rotatable bonds is 4. The van der Waals surface area contributed by atoms with E-state index in [0.29, 0.717) is 19.4 Å². The number of carbonyl (C=O) groups excluding carboxylic acids is 2. The fourth-order valence-corrected chi connectivity index (χ4v) is 3.54. The number of nitrogens with zero attached hydrogens (tertiary/aromatic N) is 1. The van der Waals surface area contributed by atoms with Crippen LogP contribution in [0, 0.1) is 0 Å². The van der Waals surface area contributed by atoms with Crippen molar-refractivity contribution in [2.75, 3.05) is 13.2 Å². The van der Waals surface area contributed by atoms with Gasteiger partial charge in [0.15, 0.2) is 6.29 Å². The summed E-state index contributed by atoms with van der Waals surface area (Å²) in [6.07, 6.45) is 0.372. The van der Waals surface area contributed by atoms with Crippen LogP contribution >= 0.6 is 15.9 Å². The lowest BCUT2D eigenvalue weighted by molar-refractivity contribution is -0.134. The first-order valence-electron chi connectivity index (χ1n) is 6.71. The van der Waals surface area contributed by atoms with E-state index < -0.39 is 11.8 Å². The number of hydrogen-bond donors (Lipinski definition) is 1. The van der Waals surface area contributed by atoms with Crippen molar-refractivity contribution in [1.29, 1.82) is 0 Å². The molecule has 2 aromatic carbocycles. The van der Waals surface area contributed by atoms with Crippen LogP contribution < -0.4 is 0 Å². The largest absolute Gasteiger partial charge is 0.395 e. The Labute approximate surface area is 130 Å². The molecule has 0 aliphatic carbocycles. The van der Waals surface area contributed by atoms with Crippen LogP contribution in [0.3, 0.4) is 0 Å². The lowest BCUT2D eigenvalue weighted by Gasteiger charge is -2.35. The maximum absolute atomic E-state index is 12.1. The van der Waals surface area contributed by atoms with Gasteiger partial charge in [0.1, 0.15) is 6.04 Å². The van der Waals surface area contributed by atoms with Crippen molar-refractivity contribution in [3.63, 3.8) is 0 Å². The highest BCUT2D eigenvalue weighted by Crippen LogP contribution is 2.39. The Balaban J connectivity index is 2.27. The first-order valence-corrected chi connectivity index (χ1v) is 7.50. The van der Waals surface area contributed by atoms with Crippen molar-refractivity contribution >= 4 is 38.8 Å². The molecule has 0 saturated carbocycles. The highest BCUT2D eigenvalue weighted by atomic mass is 79.9. The highest BCUT2D eigenvalue weighted by Gasteiger charge is 2.33. The summed E-state index contributed by atoms with van der Waals surface area (Å²) in [6.45, 7) is 0.853. The monoisotopic (exact) mass is 347 g/mol. The third-order valence-electron chi connectivity index (χ3n) is 3.91. The lowest BCUT2D eigenvalue weighted by Crippen LogP contribution is -2.38. The molecule has 4 nitrogen and oxygen atoms in total. The van der Waals surface area contributed by atoms with Crippen LogP contribution in [0.2, 0.25) is 0 Å². The molecule has 2 aromatic rings. The molecule has 1 atom stereocenters. The summed E-state index contributed by atoms with van der Waals surface area (Å²) in [5.74, 6) is -0.471. The molecule has 1 N–H and O–H groups in total. The van der Waals surface area contributed by atoms with Crippen LogP contribution in [0.15, 0.2) is 34.8 Å². The first-order chi connectivity index (χ1) is 10.2. The molecule has 21 heavy (non-hydrogen) atoms. The second-order valence-electron chi connectivity index (χ2n) is 5.09. The fourth-order valence-electron chi connectivity index (χ4n) is 3.08. The maximum Gasteiger partial charge on any atom is 0.216 e. The van der Waals surface area contributed by atoms with E-state index in [1.807, 2.05) is 35.2 Å². The first kappa shape index (κ1) is 14.4. The van der Waals surface area contributed by atoms with E-state index in [1.165, 1.54) is 0 Å². The van der Waals surface area contributed by atoms with Gasteiger partial charge in [-0.1, -0.05) is 40.2 Å². The van der Waals surface area contributed by atoms with Gasteiger partial charge in [-0.25, -0.2) is 0 Å². The summed E-state index contributed by atoms with van der Waals surface area (Å²) in [7, 11) is 0. The van der Waals surface area contributed by atoms with E-state index in [9.17, 15) is 14.7 Å². The topological polar surface area (TPSA) is 57.6 Å². The minimum absolute atomic E-state index is 0.0511. The summed E-state index contributed by atoms with van der Waals surface area (Å²) >= 11 is 3.53. The molecule has 0 spiro atoms. The van der Waals surface area contributed by atoms with Crippen molar-refractivity contribution in [3.8, 4) is 0 Å². The van der Waals surface area contributed by atoms with Crippen LogP contribution in [-0.4, -0.2) is 35.2 Å². The molecule has 0 radical (unpaired) electrons. The molecule has 0 bridgehead atoms. The minimum Gasteiger partial charge on any atom is -0.395 e. The molecule has 1 unspecified atom stereocenters. The Kier molecular flexibility index (Phi) is 3.89. The van der Waals surface area contributed by atoms with Crippen molar-refractivity contribution < 1.29 is 14.7 Å². The van der Waals surface area contributed by atoms with Gasteiger partial charge in [0, 0.05) is 17.6 Å².